The van der Waals surface area contributed by atoms with Crippen LogP contribution < -0.4 is 5.56 Å². The van der Waals surface area contributed by atoms with Crippen molar-refractivity contribution in [2.75, 3.05) is 0 Å². The van der Waals surface area contributed by atoms with Gasteiger partial charge in [0.25, 0.3) is 5.56 Å². The molecule has 0 spiro atoms. The van der Waals surface area contributed by atoms with Crippen molar-refractivity contribution in [2.24, 2.45) is 7.05 Å². The number of aromatic nitrogens is 3. The van der Waals surface area contributed by atoms with E-state index in [1.54, 1.807) is 13.2 Å². The monoisotopic (exact) mass is 281 g/mol. The van der Waals surface area contributed by atoms with Crippen LogP contribution in [0.15, 0.2) is 47.5 Å². The number of fused-ring (bicyclic) bond motifs is 1. The summed E-state index contributed by atoms with van der Waals surface area (Å²) in [7, 11) is 1.64. The Balaban J connectivity index is 1.90. The number of hydrogen-bond donors (Lipinski definition) is 1. The molecule has 0 aliphatic carbocycles. The van der Waals surface area contributed by atoms with Crippen LogP contribution in [-0.2, 0) is 13.5 Å². The van der Waals surface area contributed by atoms with Crippen molar-refractivity contribution >= 4 is 16.7 Å². The first-order chi connectivity index (χ1) is 10.2. The fourth-order valence-electron chi connectivity index (χ4n) is 2.41. The number of hydrogen-bond acceptors (Lipinski definition) is 3. The quantitative estimate of drug-likeness (QED) is 0.744. The van der Waals surface area contributed by atoms with Crippen molar-refractivity contribution in [3.8, 4) is 0 Å². The molecule has 0 fully saturated rings. The van der Waals surface area contributed by atoms with Crippen molar-refractivity contribution in [1.29, 1.82) is 0 Å². The van der Waals surface area contributed by atoms with Crippen LogP contribution in [0.2, 0.25) is 0 Å². The van der Waals surface area contributed by atoms with E-state index < -0.39 is 0 Å². The van der Waals surface area contributed by atoms with Gasteiger partial charge in [0.15, 0.2) is 5.78 Å². The summed E-state index contributed by atoms with van der Waals surface area (Å²) in [5.41, 5.74) is 1.86. The zero-order valence-corrected chi connectivity index (χ0v) is 11.7. The number of pyridine rings is 1. The van der Waals surface area contributed by atoms with Crippen molar-refractivity contribution in [3.05, 3.63) is 64.2 Å². The van der Waals surface area contributed by atoms with Gasteiger partial charge in [0.1, 0.15) is 5.52 Å². The van der Waals surface area contributed by atoms with E-state index in [-0.39, 0.29) is 11.3 Å². The lowest BCUT2D eigenvalue weighted by Crippen LogP contribution is -2.19. The maximum atomic E-state index is 12.4. The van der Waals surface area contributed by atoms with Crippen molar-refractivity contribution in [3.63, 3.8) is 0 Å². The van der Waals surface area contributed by atoms with Gasteiger partial charge in [-0.3, -0.25) is 14.7 Å². The molecule has 0 radical (unpaired) electrons. The largest absolute Gasteiger partial charge is 0.316 e. The molecule has 0 aliphatic heterocycles. The lowest BCUT2D eigenvalue weighted by Gasteiger charge is -2.05. The number of aromatic amines is 1. The Kier molecular flexibility index (Phi) is 3.39. The van der Waals surface area contributed by atoms with Gasteiger partial charge in [-0.15, -0.1) is 0 Å². The topological polar surface area (TPSA) is 67.8 Å². The maximum Gasteiger partial charge on any atom is 0.276 e. The zero-order chi connectivity index (χ0) is 14.8. The first-order valence-electron chi connectivity index (χ1n) is 6.76. The third-order valence-corrected chi connectivity index (χ3v) is 3.57. The highest BCUT2D eigenvalue weighted by atomic mass is 16.1. The summed E-state index contributed by atoms with van der Waals surface area (Å²) in [6.07, 6.45) is 4.21. The summed E-state index contributed by atoms with van der Waals surface area (Å²) in [4.78, 5) is 24.4. The van der Waals surface area contributed by atoms with Gasteiger partial charge in [-0.2, -0.15) is 5.10 Å². The first kappa shape index (κ1) is 13.3. The lowest BCUT2D eigenvalue weighted by molar-refractivity contribution is 0.0983. The number of aryl methyl sites for hydroxylation is 2. The van der Waals surface area contributed by atoms with Crippen LogP contribution in [0.25, 0.3) is 10.9 Å². The molecule has 0 bridgehead atoms. The number of nitrogens with zero attached hydrogens (tertiary/aromatic N) is 2. The molecule has 2 heterocycles. The van der Waals surface area contributed by atoms with Gasteiger partial charge in [0.05, 0.1) is 6.20 Å². The second-order valence-corrected chi connectivity index (χ2v) is 5.03. The normalized spacial score (nSPS) is 10.9. The van der Waals surface area contributed by atoms with Crippen molar-refractivity contribution in [2.45, 2.75) is 12.8 Å². The number of carbonyl (C=O) groups excluding carboxylic acids is 1. The molecular weight excluding hydrogens is 266 g/mol. The molecule has 1 N–H and O–H groups in total. The Morgan fingerprint density at radius 2 is 2.05 bits per heavy atom. The van der Waals surface area contributed by atoms with E-state index in [4.69, 9.17) is 0 Å². The van der Waals surface area contributed by atoms with Crippen LogP contribution >= 0.6 is 0 Å². The number of rotatable bonds is 4. The van der Waals surface area contributed by atoms with Crippen LogP contribution in [0.1, 0.15) is 22.3 Å². The molecule has 21 heavy (non-hydrogen) atoms. The summed E-state index contributed by atoms with van der Waals surface area (Å²) in [5, 5.41) is 7.13. The molecular formula is C16H15N3O2. The van der Waals surface area contributed by atoms with Gasteiger partial charge < -0.3 is 4.57 Å². The number of H-pyrrole nitrogens is 1. The van der Waals surface area contributed by atoms with E-state index in [2.05, 4.69) is 10.2 Å². The third kappa shape index (κ3) is 2.50. The summed E-state index contributed by atoms with van der Waals surface area (Å²) >= 11 is 0. The van der Waals surface area contributed by atoms with Crippen LogP contribution in [0, 0.1) is 0 Å². The molecule has 0 saturated heterocycles. The molecule has 0 amide bonds. The molecule has 1 aromatic carbocycles. The molecule has 0 unspecified atom stereocenters. The summed E-state index contributed by atoms with van der Waals surface area (Å²) < 4.78 is 1.41. The average Bonchev–Trinajstić information content (AvgIpc) is 2.99. The van der Waals surface area contributed by atoms with E-state index in [1.807, 2.05) is 30.3 Å². The molecule has 3 aromatic rings. The third-order valence-electron chi connectivity index (χ3n) is 3.57. The smallest absolute Gasteiger partial charge is 0.276 e. The van der Waals surface area contributed by atoms with E-state index in [0.29, 0.717) is 29.3 Å². The van der Waals surface area contributed by atoms with E-state index in [0.717, 1.165) is 5.56 Å². The molecule has 106 valence electrons. The molecule has 2 aromatic heterocycles. The van der Waals surface area contributed by atoms with Gasteiger partial charge in [0, 0.05) is 30.6 Å². The second-order valence-electron chi connectivity index (χ2n) is 5.03. The summed E-state index contributed by atoms with van der Waals surface area (Å²) in [6.45, 7) is 0. The average molecular weight is 281 g/mol. The molecule has 0 atom stereocenters. The van der Waals surface area contributed by atoms with Crippen LogP contribution in [-0.4, -0.2) is 20.5 Å². The standard InChI is InChI=1S/C16H15N3O2/c1-19-10-13(12-9-17-18-15(12)16(19)21)14(20)8-7-11-5-3-2-4-6-11/h2-6,9-10H,7-8H2,1H3,(H,17,18). The Bertz CT molecular complexity index is 847. The molecule has 0 saturated carbocycles. The van der Waals surface area contributed by atoms with Crippen LogP contribution in [0.3, 0.4) is 0 Å². The minimum atomic E-state index is -0.179. The fourth-order valence-corrected chi connectivity index (χ4v) is 2.41. The molecule has 3 rings (SSSR count). The summed E-state index contributed by atoms with van der Waals surface area (Å²) in [6, 6.07) is 9.87. The second kappa shape index (κ2) is 5.36. The number of Topliss-reactive ketones (excluding diaryl/α,β-unsaturated/α-hetero) is 1. The Morgan fingerprint density at radius 1 is 1.29 bits per heavy atom. The highest BCUT2D eigenvalue weighted by molar-refractivity contribution is 6.06. The van der Waals surface area contributed by atoms with Gasteiger partial charge in [-0.05, 0) is 12.0 Å². The highest BCUT2D eigenvalue weighted by Gasteiger charge is 2.15. The Labute approximate surface area is 121 Å². The predicted octanol–water partition coefficient (Wildman–Crippen LogP) is 2.08. The SMILES string of the molecule is Cn1cc(C(=O)CCc2ccccc2)c2cn[nH]c2c1=O. The van der Waals surface area contributed by atoms with E-state index >= 15 is 0 Å². The number of ketones is 1. The van der Waals surface area contributed by atoms with Crippen molar-refractivity contribution in [1.82, 2.24) is 14.8 Å². The minimum absolute atomic E-state index is 0.0147. The van der Waals surface area contributed by atoms with E-state index in [1.165, 1.54) is 10.8 Å². The van der Waals surface area contributed by atoms with Gasteiger partial charge in [-0.25, -0.2) is 0 Å². The number of nitrogens with one attached hydrogen (secondary N) is 1. The van der Waals surface area contributed by atoms with Crippen LogP contribution in [0.4, 0.5) is 0 Å². The minimum Gasteiger partial charge on any atom is -0.316 e. The Hall–Kier alpha value is -2.69. The van der Waals surface area contributed by atoms with Crippen molar-refractivity contribution < 1.29 is 4.79 Å². The number of benzene rings is 1. The summed E-state index contributed by atoms with van der Waals surface area (Å²) in [5.74, 6) is 0.0147. The predicted molar refractivity (Wildman–Crippen MR) is 80.4 cm³/mol. The first-order valence-corrected chi connectivity index (χ1v) is 6.76. The molecule has 0 aliphatic rings. The zero-order valence-electron chi connectivity index (χ0n) is 11.7. The lowest BCUT2D eigenvalue weighted by atomic mass is 10.0. The van der Waals surface area contributed by atoms with Crippen LogP contribution in [0.5, 0.6) is 0 Å². The van der Waals surface area contributed by atoms with Gasteiger partial charge in [0.2, 0.25) is 0 Å². The fraction of sp³-hybridized carbons (Fsp3) is 0.188. The van der Waals surface area contributed by atoms with Gasteiger partial charge in [-0.1, -0.05) is 30.3 Å². The Morgan fingerprint density at radius 3 is 2.81 bits per heavy atom. The molecule has 5 nitrogen and oxygen atoms in total. The number of carbonyl (C=O) groups is 1. The molecule has 5 heteroatoms. The van der Waals surface area contributed by atoms with Gasteiger partial charge >= 0.3 is 0 Å². The highest BCUT2D eigenvalue weighted by Crippen LogP contribution is 2.16. The maximum absolute atomic E-state index is 12.4. The van der Waals surface area contributed by atoms with E-state index in [9.17, 15) is 9.59 Å².